The van der Waals surface area contributed by atoms with E-state index in [-0.39, 0.29) is 23.1 Å². The van der Waals surface area contributed by atoms with Crippen LogP contribution in [-0.4, -0.2) is 35.5 Å². The summed E-state index contributed by atoms with van der Waals surface area (Å²) in [7, 11) is 0. The van der Waals surface area contributed by atoms with Gasteiger partial charge in [0.15, 0.2) is 11.5 Å². The minimum Gasteiger partial charge on any atom is -0.309 e. The summed E-state index contributed by atoms with van der Waals surface area (Å²) in [6.45, 7) is 3.80. The molecule has 31 heavy (non-hydrogen) atoms. The molecule has 0 spiro atoms. The van der Waals surface area contributed by atoms with Gasteiger partial charge in [-0.3, -0.25) is 9.59 Å². The summed E-state index contributed by atoms with van der Waals surface area (Å²) in [6, 6.07) is 7.55. The van der Waals surface area contributed by atoms with E-state index in [1.165, 1.54) is 6.33 Å². The fraction of sp³-hybridized carbons (Fsp3) is 0.238. The number of H-pyrrole nitrogens is 1. The summed E-state index contributed by atoms with van der Waals surface area (Å²) < 4.78 is 2.66. The van der Waals surface area contributed by atoms with Crippen LogP contribution in [0.25, 0.3) is 17.2 Å². The first-order chi connectivity index (χ1) is 14.9. The normalized spacial score (nSPS) is 17.7. The van der Waals surface area contributed by atoms with Gasteiger partial charge in [0, 0.05) is 3.57 Å². The maximum absolute atomic E-state index is 13.2. The number of halogens is 1. The van der Waals surface area contributed by atoms with Crippen molar-refractivity contribution in [1.82, 2.24) is 29.5 Å². The number of nitrogens with one attached hydrogen (secondary N) is 2. The third-order valence-corrected chi connectivity index (χ3v) is 6.31. The number of carbonyl (C=O) groups is 1. The molecule has 1 aliphatic rings. The van der Waals surface area contributed by atoms with Gasteiger partial charge < -0.3 is 10.3 Å². The monoisotopic (exact) mass is 527 g/mol. The third kappa shape index (κ3) is 3.04. The van der Waals surface area contributed by atoms with Crippen LogP contribution >= 0.6 is 22.6 Å². The maximum atomic E-state index is 13.2. The molecular weight excluding hydrogens is 509 g/mol. The number of carbonyl (C=O) groups excluding carboxylic acids is 1. The van der Waals surface area contributed by atoms with Crippen molar-refractivity contribution in [1.29, 1.82) is 0 Å². The molecule has 0 aliphatic carbocycles. The van der Waals surface area contributed by atoms with Crippen LogP contribution in [0, 0.1) is 3.57 Å². The van der Waals surface area contributed by atoms with Crippen LogP contribution < -0.4 is 10.9 Å². The first kappa shape index (κ1) is 19.8. The number of anilines is 1. The van der Waals surface area contributed by atoms with Gasteiger partial charge in [-0.15, -0.1) is 0 Å². The van der Waals surface area contributed by atoms with E-state index in [0.29, 0.717) is 23.3 Å². The van der Waals surface area contributed by atoms with E-state index in [0.717, 1.165) is 21.2 Å². The number of aromatic nitrogens is 6. The van der Waals surface area contributed by atoms with Crippen molar-refractivity contribution >= 4 is 40.0 Å². The number of aromatic amines is 1. The number of hydrogen-bond donors (Lipinski definition) is 2. The lowest BCUT2D eigenvalue weighted by atomic mass is 9.78. The van der Waals surface area contributed by atoms with Crippen molar-refractivity contribution in [3.05, 3.63) is 67.5 Å². The van der Waals surface area contributed by atoms with Crippen molar-refractivity contribution in [2.45, 2.75) is 32.1 Å². The largest absolute Gasteiger partial charge is 0.309 e. The Morgan fingerprint density at radius 1 is 1.16 bits per heavy atom. The van der Waals surface area contributed by atoms with E-state index in [1.54, 1.807) is 17.6 Å². The van der Waals surface area contributed by atoms with Crippen molar-refractivity contribution in [3.8, 4) is 11.5 Å². The van der Waals surface area contributed by atoms with Crippen LogP contribution in [0.4, 0.5) is 5.82 Å². The van der Waals surface area contributed by atoms with Crippen LogP contribution in [0.15, 0.2) is 41.6 Å². The van der Waals surface area contributed by atoms with Gasteiger partial charge in [-0.2, -0.15) is 5.10 Å². The minimum absolute atomic E-state index is 0.252. The molecule has 5 rings (SSSR count). The molecule has 2 N–H and O–H groups in total. The van der Waals surface area contributed by atoms with Crippen LogP contribution in [0.1, 0.15) is 37.1 Å². The van der Waals surface area contributed by atoms with Crippen molar-refractivity contribution in [2.24, 2.45) is 0 Å². The predicted octanol–water partition coefficient (Wildman–Crippen LogP) is 2.69. The van der Waals surface area contributed by atoms with Gasteiger partial charge in [-0.25, -0.2) is 19.5 Å². The van der Waals surface area contributed by atoms with Gasteiger partial charge in [0.25, 0.3) is 5.56 Å². The number of benzene rings is 1. The lowest BCUT2D eigenvalue weighted by Gasteiger charge is -2.21. The highest BCUT2D eigenvalue weighted by Gasteiger charge is 2.47. The number of rotatable bonds is 4. The van der Waals surface area contributed by atoms with Gasteiger partial charge in [-0.1, -0.05) is 25.5 Å². The second-order valence-corrected chi connectivity index (χ2v) is 8.82. The summed E-state index contributed by atoms with van der Waals surface area (Å²) in [5.41, 5.74) is 1.43. The molecule has 1 aliphatic heterocycles. The van der Waals surface area contributed by atoms with E-state index in [2.05, 4.69) is 59.9 Å². The number of aryl methyl sites for hydroxylation is 1. The average Bonchev–Trinajstić information content (AvgIpc) is 3.32. The summed E-state index contributed by atoms with van der Waals surface area (Å²) >= 11 is 2.20. The lowest BCUT2D eigenvalue weighted by Crippen LogP contribution is -2.36. The first-order valence-electron chi connectivity index (χ1n) is 9.83. The van der Waals surface area contributed by atoms with E-state index >= 15 is 0 Å². The summed E-state index contributed by atoms with van der Waals surface area (Å²) in [4.78, 5) is 42.4. The van der Waals surface area contributed by atoms with Crippen molar-refractivity contribution < 1.29 is 4.79 Å². The quantitative estimate of drug-likeness (QED) is 0.394. The molecule has 0 saturated heterocycles. The third-order valence-electron chi connectivity index (χ3n) is 5.59. The van der Waals surface area contributed by atoms with E-state index in [4.69, 9.17) is 0 Å². The summed E-state index contributed by atoms with van der Waals surface area (Å²) in [5.74, 6) is 0.234. The van der Waals surface area contributed by atoms with Crippen LogP contribution in [0.3, 0.4) is 0 Å². The standard InChI is InChI=1S/C21H18IN7O2/c1-3-4-13-18-23-10-24-29(18)9-14(25-13)16-26-17-15(19(30)27-16)21(2,20(31)28-17)11-5-7-12(22)8-6-11/h5-10H,3-4H2,1-2H3,(H2,26,27,28,30,31). The Hall–Kier alpha value is -3.15. The molecule has 0 saturated carbocycles. The highest BCUT2D eigenvalue weighted by atomic mass is 127. The molecule has 0 bridgehead atoms. The Labute approximate surface area is 190 Å². The molecular formula is C21H18IN7O2. The van der Waals surface area contributed by atoms with Crippen LogP contribution in [0.5, 0.6) is 0 Å². The molecule has 1 unspecified atom stereocenters. The van der Waals surface area contributed by atoms with Gasteiger partial charge in [0.1, 0.15) is 23.3 Å². The zero-order chi connectivity index (χ0) is 21.8. The van der Waals surface area contributed by atoms with Crippen LogP contribution in [0.2, 0.25) is 0 Å². The number of nitrogens with zero attached hydrogens (tertiary/aromatic N) is 5. The second-order valence-electron chi connectivity index (χ2n) is 7.58. The molecule has 4 aromatic rings. The minimum atomic E-state index is -1.13. The van der Waals surface area contributed by atoms with E-state index < -0.39 is 5.41 Å². The number of amides is 1. The molecule has 0 fully saturated rings. The fourth-order valence-electron chi connectivity index (χ4n) is 3.96. The topological polar surface area (TPSA) is 118 Å². The molecule has 10 heteroatoms. The predicted molar refractivity (Wildman–Crippen MR) is 123 cm³/mol. The Morgan fingerprint density at radius 2 is 1.94 bits per heavy atom. The highest BCUT2D eigenvalue weighted by Crippen LogP contribution is 2.40. The van der Waals surface area contributed by atoms with Crippen LogP contribution in [-0.2, 0) is 16.6 Å². The molecule has 0 radical (unpaired) electrons. The molecule has 3 aromatic heterocycles. The van der Waals surface area contributed by atoms with Gasteiger partial charge >= 0.3 is 0 Å². The Morgan fingerprint density at radius 3 is 2.68 bits per heavy atom. The number of fused-ring (bicyclic) bond motifs is 2. The van der Waals surface area contributed by atoms with E-state index in [9.17, 15) is 9.59 Å². The van der Waals surface area contributed by atoms with E-state index in [1.807, 2.05) is 24.3 Å². The zero-order valence-electron chi connectivity index (χ0n) is 16.8. The van der Waals surface area contributed by atoms with Gasteiger partial charge in [0.2, 0.25) is 5.91 Å². The zero-order valence-corrected chi connectivity index (χ0v) is 19.0. The Balaban J connectivity index is 1.67. The Kier molecular flexibility index (Phi) is 4.61. The molecule has 156 valence electrons. The lowest BCUT2D eigenvalue weighted by molar-refractivity contribution is -0.119. The molecule has 1 aromatic carbocycles. The van der Waals surface area contributed by atoms with Gasteiger partial charge in [0.05, 0.1) is 17.5 Å². The Bertz CT molecular complexity index is 1390. The SMILES string of the molecule is CCCc1nc(-c2nc3c(c(=O)[nH]2)C(C)(c2ccc(I)cc2)C(=O)N3)cn2ncnc12. The molecule has 9 nitrogen and oxygen atoms in total. The summed E-state index contributed by atoms with van der Waals surface area (Å²) in [5, 5.41) is 6.99. The molecule has 4 heterocycles. The van der Waals surface area contributed by atoms with Crippen molar-refractivity contribution in [2.75, 3.05) is 5.32 Å². The molecule has 1 amide bonds. The fourth-order valence-corrected chi connectivity index (χ4v) is 4.32. The second kappa shape index (κ2) is 7.22. The summed E-state index contributed by atoms with van der Waals surface area (Å²) in [6.07, 6.45) is 4.73. The smallest absolute Gasteiger partial charge is 0.257 e. The highest BCUT2D eigenvalue weighted by molar-refractivity contribution is 14.1. The maximum Gasteiger partial charge on any atom is 0.257 e. The van der Waals surface area contributed by atoms with Crippen molar-refractivity contribution in [3.63, 3.8) is 0 Å². The first-order valence-corrected chi connectivity index (χ1v) is 10.9. The number of hydrogen-bond acceptors (Lipinski definition) is 6. The average molecular weight is 527 g/mol. The van der Waals surface area contributed by atoms with Gasteiger partial charge in [-0.05, 0) is 53.6 Å². The molecule has 1 atom stereocenters.